The molecule has 0 radical (unpaired) electrons. The number of ether oxygens (including phenoxy) is 1. The maximum Gasteiger partial charge on any atom is 0.228 e. The first-order valence-corrected chi connectivity index (χ1v) is 21.7. The summed E-state index contributed by atoms with van der Waals surface area (Å²) in [6.07, 6.45) is 39.2. The molecule has 0 amide bonds. The minimum atomic E-state index is -0.600. The lowest BCUT2D eigenvalue weighted by Gasteiger charge is -2.17. The molecule has 0 aromatic carbocycles. The van der Waals surface area contributed by atoms with E-state index in [0.717, 1.165) is 89.9 Å². The van der Waals surface area contributed by atoms with E-state index in [4.69, 9.17) is 4.74 Å². The van der Waals surface area contributed by atoms with Gasteiger partial charge in [0.15, 0.2) is 0 Å². The van der Waals surface area contributed by atoms with Crippen molar-refractivity contribution < 1.29 is 19.4 Å². The van der Waals surface area contributed by atoms with Crippen LogP contribution in [0.3, 0.4) is 0 Å². The molecule has 316 valence electrons. The largest absolute Gasteiger partial charge is 0.501 e. The fraction of sp³-hybridized carbons (Fsp3) is 0.547. The maximum atomic E-state index is 12.6. The summed E-state index contributed by atoms with van der Waals surface area (Å²) in [5, 5.41) is 9.93. The Balaban J connectivity index is 2.31. The molecule has 4 heteroatoms. The molecule has 0 aromatic rings. The van der Waals surface area contributed by atoms with Crippen LogP contribution in [0.2, 0.25) is 0 Å². The van der Waals surface area contributed by atoms with E-state index < -0.39 is 17.3 Å². The second-order valence-electron chi connectivity index (χ2n) is 16.8. The molecular formula is C53H80O4. The number of aliphatic hydroxyl groups excluding tert-OH is 1. The quantitative estimate of drug-likeness (QED) is 0.0666. The molecule has 0 fully saturated rings. The Morgan fingerprint density at radius 1 is 0.439 bits per heavy atom. The minimum Gasteiger partial charge on any atom is -0.501 e. The highest BCUT2D eigenvalue weighted by atomic mass is 16.5. The minimum absolute atomic E-state index is 0.263. The van der Waals surface area contributed by atoms with Crippen molar-refractivity contribution in [1.82, 2.24) is 0 Å². The highest BCUT2D eigenvalue weighted by Gasteiger charge is 2.32. The lowest BCUT2D eigenvalue weighted by atomic mass is 9.90. The van der Waals surface area contributed by atoms with Crippen molar-refractivity contribution in [2.24, 2.45) is 0 Å². The fourth-order valence-corrected chi connectivity index (χ4v) is 6.77. The van der Waals surface area contributed by atoms with E-state index in [2.05, 4.69) is 118 Å². The molecule has 4 nitrogen and oxygen atoms in total. The summed E-state index contributed by atoms with van der Waals surface area (Å²) in [4.78, 5) is 24.9. The van der Waals surface area contributed by atoms with Gasteiger partial charge in [-0.3, -0.25) is 9.59 Å². The van der Waals surface area contributed by atoms with E-state index in [1.54, 1.807) is 6.92 Å². The van der Waals surface area contributed by atoms with Crippen LogP contribution in [0.4, 0.5) is 0 Å². The normalized spacial score (nSPS) is 16.0. The first-order chi connectivity index (χ1) is 27.0. The number of hydrogen-bond acceptors (Lipinski definition) is 4. The summed E-state index contributed by atoms with van der Waals surface area (Å²) in [5.41, 5.74) is 13.6. The monoisotopic (exact) mass is 781 g/mol. The third kappa shape index (κ3) is 23.2. The van der Waals surface area contributed by atoms with Crippen LogP contribution in [0.5, 0.6) is 0 Å². The van der Waals surface area contributed by atoms with Gasteiger partial charge in [-0.2, -0.15) is 0 Å². The highest BCUT2D eigenvalue weighted by molar-refractivity contribution is 6.23. The summed E-state index contributed by atoms with van der Waals surface area (Å²) >= 11 is 0. The molecule has 1 rings (SSSR count). The molecular weight excluding hydrogens is 701 g/mol. The fourth-order valence-electron chi connectivity index (χ4n) is 6.77. The van der Waals surface area contributed by atoms with E-state index >= 15 is 0 Å². The average Bonchev–Trinajstić information content (AvgIpc) is 3.14. The molecule has 0 bridgehead atoms. The SMILES string of the molecule is COC1=C(O)C(=O)C(C)=C(C/C=C(\C)CC/C=C(\C)CC/C=C(\C)CC/C=C(\C)CC/C=C(\C)CC/C=C(\C)CC/C=C(\C)CC/C=C(\C)CCC=C(C)C)C1=O. The van der Waals surface area contributed by atoms with Crippen molar-refractivity contribution >= 4 is 11.6 Å². The molecule has 0 heterocycles. The summed E-state index contributed by atoms with van der Waals surface area (Å²) in [6, 6.07) is 0. The van der Waals surface area contributed by atoms with Crippen LogP contribution in [0, 0.1) is 0 Å². The van der Waals surface area contributed by atoms with Gasteiger partial charge in [-0.1, -0.05) is 105 Å². The number of Topliss-reactive ketones (excluding diaryl/α,β-unsaturated/α-hetero) is 2. The van der Waals surface area contributed by atoms with Crippen molar-refractivity contribution in [3.8, 4) is 0 Å². The number of rotatable bonds is 27. The van der Waals surface area contributed by atoms with Crippen molar-refractivity contribution in [3.05, 3.63) is 128 Å². The van der Waals surface area contributed by atoms with Gasteiger partial charge in [-0.05, 0) is 185 Å². The first-order valence-electron chi connectivity index (χ1n) is 21.7. The van der Waals surface area contributed by atoms with Gasteiger partial charge in [0.05, 0.1) is 7.11 Å². The number of hydrogen-bond donors (Lipinski definition) is 1. The smallest absolute Gasteiger partial charge is 0.228 e. The van der Waals surface area contributed by atoms with E-state index in [-0.39, 0.29) is 11.3 Å². The summed E-state index contributed by atoms with van der Waals surface area (Å²) in [6.45, 7) is 23.8. The third-order valence-electron chi connectivity index (χ3n) is 10.9. The van der Waals surface area contributed by atoms with Crippen LogP contribution < -0.4 is 0 Å². The lowest BCUT2D eigenvalue weighted by Crippen LogP contribution is -2.23. The molecule has 57 heavy (non-hydrogen) atoms. The number of allylic oxidation sites excluding steroid dienone is 20. The van der Waals surface area contributed by atoms with Gasteiger partial charge in [0.25, 0.3) is 0 Å². The third-order valence-corrected chi connectivity index (χ3v) is 10.9. The molecule has 0 saturated heterocycles. The second-order valence-corrected chi connectivity index (χ2v) is 16.8. The van der Waals surface area contributed by atoms with Gasteiger partial charge >= 0.3 is 0 Å². The van der Waals surface area contributed by atoms with Crippen molar-refractivity contribution in [3.63, 3.8) is 0 Å². The zero-order chi connectivity index (χ0) is 42.8. The van der Waals surface area contributed by atoms with Gasteiger partial charge in [0.2, 0.25) is 23.1 Å². The Bertz CT molecular complexity index is 1660. The van der Waals surface area contributed by atoms with Crippen LogP contribution >= 0.6 is 0 Å². The van der Waals surface area contributed by atoms with Crippen LogP contribution in [0.25, 0.3) is 0 Å². The number of ketones is 2. The molecule has 0 aromatic heterocycles. The zero-order valence-corrected chi connectivity index (χ0v) is 38.4. The number of aliphatic hydroxyl groups is 1. The topological polar surface area (TPSA) is 63.6 Å². The van der Waals surface area contributed by atoms with E-state index in [0.29, 0.717) is 12.0 Å². The van der Waals surface area contributed by atoms with Gasteiger partial charge in [-0.15, -0.1) is 0 Å². The van der Waals surface area contributed by atoms with Crippen molar-refractivity contribution in [2.75, 3.05) is 7.11 Å². The van der Waals surface area contributed by atoms with E-state index in [1.807, 2.05) is 6.08 Å². The molecule has 0 spiro atoms. The Hall–Kier alpha value is -3.92. The van der Waals surface area contributed by atoms with E-state index in [1.165, 1.54) is 70.1 Å². The van der Waals surface area contributed by atoms with E-state index in [9.17, 15) is 14.7 Å². The number of carbonyl (C=O) groups is 2. The van der Waals surface area contributed by atoms with Crippen LogP contribution in [0.15, 0.2) is 128 Å². The second kappa shape index (κ2) is 29.3. The van der Waals surface area contributed by atoms with Gasteiger partial charge in [0.1, 0.15) is 0 Å². The molecule has 0 aliphatic heterocycles. The highest BCUT2D eigenvalue weighted by Crippen LogP contribution is 2.27. The van der Waals surface area contributed by atoms with Crippen LogP contribution in [-0.4, -0.2) is 23.8 Å². The first kappa shape index (κ1) is 51.1. The van der Waals surface area contributed by atoms with Crippen LogP contribution in [-0.2, 0) is 14.3 Å². The van der Waals surface area contributed by atoms with Gasteiger partial charge in [0, 0.05) is 11.1 Å². The predicted molar refractivity (Wildman–Crippen MR) is 247 cm³/mol. The summed E-state index contributed by atoms with van der Waals surface area (Å²) in [7, 11) is 1.29. The molecule has 0 unspecified atom stereocenters. The molecule has 0 atom stereocenters. The lowest BCUT2D eigenvalue weighted by molar-refractivity contribution is -0.120. The zero-order valence-electron chi connectivity index (χ0n) is 38.4. The Morgan fingerprint density at radius 2 is 0.702 bits per heavy atom. The Kier molecular flexibility index (Phi) is 26.3. The Morgan fingerprint density at radius 3 is 0.965 bits per heavy atom. The molecule has 1 aliphatic rings. The summed E-state index contributed by atoms with van der Waals surface area (Å²) < 4.78 is 4.98. The van der Waals surface area contributed by atoms with Crippen molar-refractivity contribution in [1.29, 1.82) is 0 Å². The summed E-state index contributed by atoms with van der Waals surface area (Å²) in [5.74, 6) is -1.82. The Labute approximate surface area is 349 Å². The maximum absolute atomic E-state index is 12.6. The van der Waals surface area contributed by atoms with Gasteiger partial charge < -0.3 is 9.84 Å². The average molecular weight is 781 g/mol. The number of carbonyl (C=O) groups excluding carboxylic acids is 2. The predicted octanol–water partition coefficient (Wildman–Crippen LogP) is 16.0. The molecule has 0 saturated carbocycles. The molecule has 1 N–H and O–H groups in total. The number of methoxy groups -OCH3 is 1. The molecule has 1 aliphatic carbocycles. The van der Waals surface area contributed by atoms with Gasteiger partial charge in [-0.25, -0.2) is 0 Å². The van der Waals surface area contributed by atoms with Crippen molar-refractivity contribution in [2.45, 2.75) is 185 Å². The van der Waals surface area contributed by atoms with Crippen LogP contribution in [0.1, 0.15) is 185 Å². The standard InChI is InChI=1S/C53H80O4/c1-39(2)21-13-22-40(3)23-14-24-41(4)25-15-26-42(5)27-16-28-43(6)29-17-30-44(7)31-18-32-45(8)33-19-34-46(9)35-20-36-47(10)37-38-49-48(11)50(54)52(56)53(57-12)51(49)55/h21,23,25,27,29,31,33,35,37,56H,13-20,22,24,26,28,30,32,34,36,38H2,1-12H3/b40-23+,41-25+,42-27+,43-29+,44-31+,45-33+,46-35+,47-37+.